The molecule has 1 unspecified atom stereocenters. The van der Waals surface area contributed by atoms with E-state index in [0.717, 1.165) is 0 Å². The SMILES string of the molecule is CCOC1Oc2cc(CC(=O)OC)cc(O)c2O1. The Labute approximate surface area is 104 Å². The van der Waals surface area contributed by atoms with Gasteiger partial charge in [0.1, 0.15) is 0 Å². The molecule has 1 heterocycles. The van der Waals surface area contributed by atoms with Gasteiger partial charge in [-0.1, -0.05) is 0 Å². The summed E-state index contributed by atoms with van der Waals surface area (Å²) in [7, 11) is 1.31. The van der Waals surface area contributed by atoms with Crippen molar-refractivity contribution in [1.29, 1.82) is 0 Å². The number of phenolic OH excluding ortho intramolecular Hbond substituents is 1. The van der Waals surface area contributed by atoms with Crippen LogP contribution in [-0.2, 0) is 20.7 Å². The quantitative estimate of drug-likeness (QED) is 0.814. The highest BCUT2D eigenvalue weighted by molar-refractivity contribution is 5.73. The van der Waals surface area contributed by atoms with Crippen molar-refractivity contribution < 1.29 is 28.8 Å². The van der Waals surface area contributed by atoms with Crippen molar-refractivity contribution in [2.24, 2.45) is 0 Å². The van der Waals surface area contributed by atoms with Gasteiger partial charge >= 0.3 is 12.4 Å². The average Bonchev–Trinajstić information content (AvgIpc) is 2.72. The van der Waals surface area contributed by atoms with Crippen molar-refractivity contribution in [2.45, 2.75) is 19.8 Å². The van der Waals surface area contributed by atoms with Crippen LogP contribution in [0, 0.1) is 0 Å². The third kappa shape index (κ3) is 2.48. The lowest BCUT2D eigenvalue weighted by Crippen LogP contribution is -2.21. The lowest BCUT2D eigenvalue weighted by atomic mass is 10.1. The van der Waals surface area contributed by atoms with Crippen LogP contribution in [0.25, 0.3) is 0 Å². The molecule has 2 rings (SSSR count). The van der Waals surface area contributed by atoms with Gasteiger partial charge in [-0.15, -0.1) is 0 Å². The fraction of sp³-hybridized carbons (Fsp3) is 0.417. The third-order valence-corrected chi connectivity index (χ3v) is 2.41. The Kier molecular flexibility index (Phi) is 3.57. The molecule has 1 aromatic rings. The van der Waals surface area contributed by atoms with E-state index in [0.29, 0.717) is 17.9 Å². The topological polar surface area (TPSA) is 74.2 Å². The number of methoxy groups -OCH3 is 1. The standard InChI is InChI=1S/C12H14O6/c1-3-16-12-17-9-5-7(6-10(14)15-2)4-8(13)11(9)18-12/h4-5,12-13H,3,6H2,1-2H3. The van der Waals surface area contributed by atoms with Crippen LogP contribution < -0.4 is 9.47 Å². The molecule has 1 aliphatic rings. The average molecular weight is 254 g/mol. The molecule has 0 spiro atoms. The second kappa shape index (κ2) is 5.14. The monoisotopic (exact) mass is 254 g/mol. The molecule has 6 nitrogen and oxygen atoms in total. The van der Waals surface area contributed by atoms with Crippen molar-refractivity contribution in [1.82, 2.24) is 0 Å². The van der Waals surface area contributed by atoms with E-state index in [-0.39, 0.29) is 17.9 Å². The molecule has 0 aliphatic carbocycles. The van der Waals surface area contributed by atoms with Crippen molar-refractivity contribution in [3.63, 3.8) is 0 Å². The largest absolute Gasteiger partial charge is 0.504 e. The number of phenols is 1. The first-order chi connectivity index (χ1) is 8.63. The van der Waals surface area contributed by atoms with Gasteiger partial charge in [-0.25, -0.2) is 0 Å². The fourth-order valence-electron chi connectivity index (χ4n) is 1.62. The second-order valence-electron chi connectivity index (χ2n) is 3.67. The lowest BCUT2D eigenvalue weighted by Gasteiger charge is -2.08. The minimum absolute atomic E-state index is 0.0556. The Morgan fingerprint density at radius 3 is 2.89 bits per heavy atom. The maximum absolute atomic E-state index is 11.2. The molecule has 0 aromatic heterocycles. The van der Waals surface area contributed by atoms with Crippen LogP contribution in [0.5, 0.6) is 17.2 Å². The zero-order chi connectivity index (χ0) is 13.1. The molecule has 6 heteroatoms. The second-order valence-corrected chi connectivity index (χ2v) is 3.67. The number of hydrogen-bond donors (Lipinski definition) is 1. The Hall–Kier alpha value is -1.95. The number of benzene rings is 1. The first-order valence-corrected chi connectivity index (χ1v) is 5.51. The number of aromatic hydroxyl groups is 1. The van der Waals surface area contributed by atoms with E-state index in [1.807, 2.05) is 0 Å². The molecular weight excluding hydrogens is 240 g/mol. The van der Waals surface area contributed by atoms with E-state index in [1.54, 1.807) is 13.0 Å². The van der Waals surface area contributed by atoms with Crippen LogP contribution in [0.2, 0.25) is 0 Å². The molecule has 0 saturated carbocycles. The molecule has 1 atom stereocenters. The van der Waals surface area contributed by atoms with Gasteiger partial charge in [0, 0.05) is 0 Å². The highest BCUT2D eigenvalue weighted by Crippen LogP contribution is 2.43. The van der Waals surface area contributed by atoms with Crippen LogP contribution >= 0.6 is 0 Å². The number of carbonyl (C=O) groups is 1. The number of ether oxygens (including phenoxy) is 4. The summed E-state index contributed by atoms with van der Waals surface area (Å²) >= 11 is 0. The molecule has 0 amide bonds. The molecular formula is C12H14O6. The minimum Gasteiger partial charge on any atom is -0.504 e. The minimum atomic E-state index is -0.857. The van der Waals surface area contributed by atoms with E-state index in [4.69, 9.17) is 14.2 Å². The highest BCUT2D eigenvalue weighted by Gasteiger charge is 2.28. The van der Waals surface area contributed by atoms with Crippen LogP contribution in [0.15, 0.2) is 12.1 Å². The molecule has 0 radical (unpaired) electrons. The zero-order valence-electron chi connectivity index (χ0n) is 10.1. The van der Waals surface area contributed by atoms with E-state index >= 15 is 0 Å². The van der Waals surface area contributed by atoms with Gasteiger partial charge in [-0.2, -0.15) is 0 Å². The molecule has 98 valence electrons. The number of carbonyl (C=O) groups excluding carboxylic acids is 1. The summed E-state index contributed by atoms with van der Waals surface area (Å²) in [6.45, 7) is 1.37. The zero-order valence-corrected chi connectivity index (χ0v) is 10.1. The summed E-state index contributed by atoms with van der Waals surface area (Å²) in [6, 6.07) is 3.05. The fourth-order valence-corrected chi connectivity index (χ4v) is 1.62. The Morgan fingerprint density at radius 1 is 1.44 bits per heavy atom. The number of fused-ring (bicyclic) bond motifs is 1. The van der Waals surface area contributed by atoms with Gasteiger partial charge in [0.2, 0.25) is 5.75 Å². The normalized spacial score (nSPS) is 16.7. The molecule has 18 heavy (non-hydrogen) atoms. The lowest BCUT2D eigenvalue weighted by molar-refractivity contribution is -0.173. The molecule has 0 bridgehead atoms. The van der Waals surface area contributed by atoms with Gasteiger partial charge in [-0.3, -0.25) is 4.79 Å². The van der Waals surface area contributed by atoms with E-state index in [9.17, 15) is 9.90 Å². The summed E-state index contributed by atoms with van der Waals surface area (Å²) in [5.74, 6) is 0.0950. The van der Waals surface area contributed by atoms with E-state index in [1.165, 1.54) is 13.2 Å². The summed E-state index contributed by atoms with van der Waals surface area (Å²) in [6.07, 6.45) is 0.0556. The predicted molar refractivity (Wildman–Crippen MR) is 60.5 cm³/mol. The van der Waals surface area contributed by atoms with Crippen molar-refractivity contribution in [3.8, 4) is 17.2 Å². The molecule has 1 aliphatic heterocycles. The van der Waals surface area contributed by atoms with Gasteiger partial charge < -0.3 is 24.1 Å². The predicted octanol–water partition coefficient (Wildman–Crippen LogP) is 1.20. The van der Waals surface area contributed by atoms with E-state index < -0.39 is 12.4 Å². The maximum atomic E-state index is 11.2. The van der Waals surface area contributed by atoms with Gasteiger partial charge in [0.15, 0.2) is 11.5 Å². The molecule has 0 fully saturated rings. The summed E-state index contributed by atoms with van der Waals surface area (Å²) in [5, 5.41) is 9.77. The summed E-state index contributed by atoms with van der Waals surface area (Å²) < 4.78 is 20.3. The van der Waals surface area contributed by atoms with Gasteiger partial charge in [0.25, 0.3) is 0 Å². The molecule has 1 N–H and O–H groups in total. The summed E-state index contributed by atoms with van der Waals surface area (Å²) in [5.41, 5.74) is 0.582. The van der Waals surface area contributed by atoms with Crippen molar-refractivity contribution in [3.05, 3.63) is 17.7 Å². The summed E-state index contributed by atoms with van der Waals surface area (Å²) in [4.78, 5) is 11.2. The Bertz CT molecular complexity index is 456. The van der Waals surface area contributed by atoms with Crippen LogP contribution in [0.1, 0.15) is 12.5 Å². The first kappa shape index (κ1) is 12.5. The molecule has 1 aromatic carbocycles. The number of rotatable bonds is 4. The van der Waals surface area contributed by atoms with Crippen LogP contribution in [0.4, 0.5) is 0 Å². The Balaban J connectivity index is 2.18. The van der Waals surface area contributed by atoms with Crippen LogP contribution in [-0.4, -0.2) is 31.3 Å². The van der Waals surface area contributed by atoms with Gasteiger partial charge in [0.05, 0.1) is 20.1 Å². The van der Waals surface area contributed by atoms with E-state index in [2.05, 4.69) is 4.74 Å². The smallest absolute Gasteiger partial charge is 0.361 e. The Morgan fingerprint density at radius 2 is 2.22 bits per heavy atom. The first-order valence-electron chi connectivity index (χ1n) is 5.51. The third-order valence-electron chi connectivity index (χ3n) is 2.41. The number of esters is 1. The molecule has 0 saturated heterocycles. The van der Waals surface area contributed by atoms with Crippen molar-refractivity contribution in [2.75, 3.05) is 13.7 Å². The maximum Gasteiger partial charge on any atom is 0.361 e. The van der Waals surface area contributed by atoms with Crippen molar-refractivity contribution >= 4 is 5.97 Å². The van der Waals surface area contributed by atoms with Crippen LogP contribution in [0.3, 0.4) is 0 Å². The highest BCUT2D eigenvalue weighted by atomic mass is 16.9. The number of hydrogen-bond acceptors (Lipinski definition) is 6. The van der Waals surface area contributed by atoms with Gasteiger partial charge in [-0.05, 0) is 24.6 Å².